The van der Waals surface area contributed by atoms with Gasteiger partial charge in [-0.2, -0.15) is 0 Å². The number of carbonyl (C=O) groups excluding carboxylic acids is 1. The molecule has 1 heterocycles. The summed E-state index contributed by atoms with van der Waals surface area (Å²) in [6, 6.07) is 21.4. The fourth-order valence-electron chi connectivity index (χ4n) is 3.43. The van der Waals surface area contributed by atoms with E-state index >= 15 is 0 Å². The van der Waals surface area contributed by atoms with Crippen LogP contribution < -0.4 is 9.64 Å². The fourth-order valence-corrected chi connectivity index (χ4v) is 5.31. The third-order valence-electron chi connectivity index (χ3n) is 5.21. The number of thiazole rings is 1. The maximum absolute atomic E-state index is 13.6. The fraction of sp³-hybridized carbons (Fsp3) is 0.200. The van der Waals surface area contributed by atoms with Gasteiger partial charge in [0.15, 0.2) is 5.13 Å². The van der Waals surface area contributed by atoms with Crippen LogP contribution in [0.2, 0.25) is 0 Å². The lowest BCUT2D eigenvalue weighted by Crippen LogP contribution is -2.30. The van der Waals surface area contributed by atoms with Crippen LogP contribution in [0.25, 0.3) is 10.2 Å². The zero-order chi connectivity index (χ0) is 24.3. The number of para-hydroxylation sites is 1. The molecular weight excluding hydrogens is 470 g/mol. The highest BCUT2D eigenvalue weighted by molar-refractivity contribution is 7.89. The number of fused-ring (bicyclic) bond motifs is 1. The van der Waals surface area contributed by atoms with Crippen molar-refractivity contribution >= 4 is 42.6 Å². The molecule has 3 aromatic carbocycles. The van der Waals surface area contributed by atoms with Crippen LogP contribution in [0.1, 0.15) is 22.8 Å². The highest BCUT2D eigenvalue weighted by atomic mass is 32.2. The second-order valence-corrected chi connectivity index (χ2v) is 10.9. The van der Waals surface area contributed by atoms with Crippen molar-refractivity contribution in [3.8, 4) is 5.75 Å². The first-order chi connectivity index (χ1) is 16.3. The van der Waals surface area contributed by atoms with Crippen molar-refractivity contribution in [3.63, 3.8) is 0 Å². The van der Waals surface area contributed by atoms with Crippen molar-refractivity contribution in [1.82, 2.24) is 9.29 Å². The predicted octanol–water partition coefficient (Wildman–Crippen LogP) is 4.79. The number of rotatable bonds is 8. The van der Waals surface area contributed by atoms with Gasteiger partial charge in [0.2, 0.25) is 10.0 Å². The maximum atomic E-state index is 13.6. The number of carbonyl (C=O) groups is 1. The Morgan fingerprint density at radius 1 is 0.971 bits per heavy atom. The minimum Gasteiger partial charge on any atom is -0.492 e. The minimum atomic E-state index is -3.58. The molecule has 0 fully saturated rings. The Morgan fingerprint density at radius 2 is 1.68 bits per heavy atom. The topological polar surface area (TPSA) is 79.8 Å². The number of hydrogen-bond donors (Lipinski definition) is 0. The molecule has 176 valence electrons. The summed E-state index contributed by atoms with van der Waals surface area (Å²) >= 11 is 1.41. The van der Waals surface area contributed by atoms with E-state index in [0.29, 0.717) is 35.1 Å². The van der Waals surface area contributed by atoms with E-state index in [1.54, 1.807) is 4.90 Å². The second kappa shape index (κ2) is 9.92. The first kappa shape index (κ1) is 23.9. The van der Waals surface area contributed by atoms with Crippen LogP contribution in [-0.2, 0) is 16.6 Å². The third-order valence-corrected chi connectivity index (χ3v) is 8.08. The molecule has 1 aromatic heterocycles. The lowest BCUT2D eigenvalue weighted by atomic mass is 10.1. The van der Waals surface area contributed by atoms with Gasteiger partial charge in [0, 0.05) is 19.7 Å². The first-order valence-corrected chi connectivity index (χ1v) is 13.0. The zero-order valence-corrected chi connectivity index (χ0v) is 20.8. The van der Waals surface area contributed by atoms with Gasteiger partial charge in [0.1, 0.15) is 11.3 Å². The molecule has 0 unspecified atom stereocenters. The summed E-state index contributed by atoms with van der Waals surface area (Å²) in [5.74, 6) is 0.405. The molecule has 9 heteroatoms. The van der Waals surface area contributed by atoms with Crippen LogP contribution in [0, 0.1) is 0 Å². The van der Waals surface area contributed by atoms with Crippen molar-refractivity contribution in [2.45, 2.75) is 18.4 Å². The number of anilines is 1. The Balaban J connectivity index is 1.74. The average molecular weight is 496 g/mol. The van der Waals surface area contributed by atoms with Crippen molar-refractivity contribution in [2.24, 2.45) is 0 Å². The number of hydrogen-bond acceptors (Lipinski definition) is 6. The molecule has 4 aromatic rings. The van der Waals surface area contributed by atoms with Gasteiger partial charge in [-0.3, -0.25) is 9.69 Å². The lowest BCUT2D eigenvalue weighted by Gasteiger charge is -2.20. The number of sulfonamides is 1. The molecule has 0 atom stereocenters. The van der Waals surface area contributed by atoms with Crippen LogP contribution in [0.5, 0.6) is 5.75 Å². The molecule has 0 saturated carbocycles. The summed E-state index contributed by atoms with van der Waals surface area (Å²) in [6.07, 6.45) is 0. The summed E-state index contributed by atoms with van der Waals surface area (Å²) in [7, 11) is -0.640. The number of ether oxygens (including phenoxy) is 1. The predicted molar refractivity (Wildman–Crippen MR) is 135 cm³/mol. The molecule has 0 N–H and O–H groups in total. The Kier molecular flexibility index (Phi) is 6.97. The van der Waals surface area contributed by atoms with Crippen molar-refractivity contribution in [1.29, 1.82) is 0 Å². The highest BCUT2D eigenvalue weighted by Gasteiger charge is 2.24. The highest BCUT2D eigenvalue weighted by Crippen LogP contribution is 2.35. The summed E-state index contributed by atoms with van der Waals surface area (Å²) in [4.78, 5) is 20.1. The number of benzene rings is 3. The Labute approximate surface area is 203 Å². The normalized spacial score (nSPS) is 11.6. The molecule has 0 radical (unpaired) electrons. The lowest BCUT2D eigenvalue weighted by molar-refractivity contribution is 0.0985. The summed E-state index contributed by atoms with van der Waals surface area (Å²) in [6.45, 7) is 2.75. The number of nitrogens with zero attached hydrogens (tertiary/aromatic N) is 3. The van der Waals surface area contributed by atoms with E-state index in [9.17, 15) is 13.2 Å². The molecule has 0 aliphatic heterocycles. The van der Waals surface area contributed by atoms with E-state index in [0.717, 1.165) is 14.6 Å². The quantitative estimate of drug-likeness (QED) is 0.351. The van der Waals surface area contributed by atoms with Crippen molar-refractivity contribution in [2.75, 3.05) is 25.6 Å². The maximum Gasteiger partial charge on any atom is 0.260 e. The largest absolute Gasteiger partial charge is 0.492 e. The van der Waals surface area contributed by atoms with Gasteiger partial charge in [-0.15, -0.1) is 0 Å². The standard InChI is InChI=1S/C25H25N3O4S2/c1-4-32-21-11-8-12-22-23(21)26-25(33-22)28(17-18-9-6-5-7-10-18)24(29)19-13-15-20(16-14-19)34(30,31)27(2)3/h5-16H,4,17H2,1-3H3. The smallest absolute Gasteiger partial charge is 0.260 e. The molecule has 4 rings (SSSR count). The van der Waals surface area contributed by atoms with E-state index < -0.39 is 10.0 Å². The molecule has 1 amide bonds. The summed E-state index contributed by atoms with van der Waals surface area (Å²) < 4.78 is 32.6. The van der Waals surface area contributed by atoms with Gasteiger partial charge in [-0.05, 0) is 48.9 Å². The van der Waals surface area contributed by atoms with E-state index in [1.165, 1.54) is 49.7 Å². The molecule has 0 bridgehead atoms. The molecule has 7 nitrogen and oxygen atoms in total. The Hall–Kier alpha value is -3.27. The van der Waals surface area contributed by atoms with Gasteiger partial charge in [-0.1, -0.05) is 47.7 Å². The number of aromatic nitrogens is 1. The molecule has 34 heavy (non-hydrogen) atoms. The van der Waals surface area contributed by atoms with E-state index in [2.05, 4.69) is 0 Å². The van der Waals surface area contributed by atoms with Gasteiger partial charge >= 0.3 is 0 Å². The van der Waals surface area contributed by atoms with Crippen molar-refractivity contribution < 1.29 is 17.9 Å². The molecule has 0 aliphatic rings. The van der Waals surface area contributed by atoms with Crippen LogP contribution in [-0.4, -0.2) is 44.3 Å². The van der Waals surface area contributed by atoms with Gasteiger partial charge in [0.05, 0.1) is 22.7 Å². The van der Waals surface area contributed by atoms with Gasteiger partial charge in [0.25, 0.3) is 5.91 Å². The van der Waals surface area contributed by atoms with Crippen molar-refractivity contribution in [3.05, 3.63) is 83.9 Å². The van der Waals surface area contributed by atoms with Gasteiger partial charge in [-0.25, -0.2) is 17.7 Å². The van der Waals surface area contributed by atoms with E-state index in [4.69, 9.17) is 9.72 Å². The SMILES string of the molecule is CCOc1cccc2sc(N(Cc3ccccc3)C(=O)c3ccc(S(=O)(=O)N(C)C)cc3)nc12. The monoisotopic (exact) mass is 495 g/mol. The minimum absolute atomic E-state index is 0.130. The Bertz CT molecular complexity index is 1400. The average Bonchev–Trinajstić information content (AvgIpc) is 3.28. The third kappa shape index (κ3) is 4.82. The molecule has 0 saturated heterocycles. The van der Waals surface area contributed by atoms with E-state index in [1.807, 2.05) is 55.5 Å². The summed E-state index contributed by atoms with van der Waals surface area (Å²) in [5.41, 5.74) is 2.03. The van der Waals surface area contributed by atoms with E-state index in [-0.39, 0.29) is 10.8 Å². The van der Waals surface area contributed by atoms with Crippen LogP contribution in [0.3, 0.4) is 0 Å². The molecule has 0 aliphatic carbocycles. The Morgan fingerprint density at radius 3 is 2.32 bits per heavy atom. The second-order valence-electron chi connectivity index (χ2n) is 7.72. The molecular formula is C25H25N3O4S2. The van der Waals surface area contributed by atoms with Gasteiger partial charge < -0.3 is 4.74 Å². The number of amides is 1. The van der Waals surface area contributed by atoms with Crippen LogP contribution >= 0.6 is 11.3 Å². The first-order valence-electron chi connectivity index (χ1n) is 10.7. The van der Waals surface area contributed by atoms with Crippen LogP contribution in [0.4, 0.5) is 5.13 Å². The molecule has 0 spiro atoms. The summed E-state index contributed by atoms with van der Waals surface area (Å²) in [5, 5.41) is 0.543. The zero-order valence-electron chi connectivity index (χ0n) is 19.1. The van der Waals surface area contributed by atoms with Crippen LogP contribution in [0.15, 0.2) is 77.7 Å².